The number of hydrogen-bond acceptors (Lipinski definition) is 3. The van der Waals surface area contributed by atoms with Gasteiger partial charge in [-0.2, -0.15) is 0 Å². The number of carbonyl (C=O) groups is 1. The van der Waals surface area contributed by atoms with Gasteiger partial charge in [0.1, 0.15) is 12.2 Å². The lowest BCUT2D eigenvalue weighted by molar-refractivity contribution is -0.136. The largest absolute Gasteiger partial charge is 0.481 e. The summed E-state index contributed by atoms with van der Waals surface area (Å²) in [5, 5.41) is 8.37. The van der Waals surface area contributed by atoms with Crippen LogP contribution < -0.4 is 5.56 Å². The van der Waals surface area contributed by atoms with E-state index < -0.39 is 5.97 Å². The summed E-state index contributed by atoms with van der Waals surface area (Å²) in [4.78, 5) is 27.2. The number of aliphatic carboxylic acids is 1. The van der Waals surface area contributed by atoms with Crippen molar-refractivity contribution in [2.24, 2.45) is 0 Å². The first-order chi connectivity index (χ1) is 5.59. The summed E-state index contributed by atoms with van der Waals surface area (Å²) in [6, 6.07) is 0. The Hall–Kier alpha value is -1.65. The Kier molecular flexibility index (Phi) is 2.23. The van der Waals surface area contributed by atoms with Crippen molar-refractivity contribution < 1.29 is 9.90 Å². The molecule has 0 bridgehead atoms. The molecule has 0 radical (unpaired) electrons. The van der Waals surface area contributed by atoms with E-state index in [-0.39, 0.29) is 17.8 Å². The van der Waals surface area contributed by atoms with Crippen LogP contribution in [-0.2, 0) is 11.2 Å². The van der Waals surface area contributed by atoms with E-state index in [2.05, 4.69) is 9.97 Å². The van der Waals surface area contributed by atoms with Crippen LogP contribution in [0.2, 0.25) is 0 Å². The van der Waals surface area contributed by atoms with Crippen LogP contribution in [0.3, 0.4) is 0 Å². The molecule has 0 saturated carbocycles. The second-order valence-corrected chi connectivity index (χ2v) is 2.41. The van der Waals surface area contributed by atoms with Crippen molar-refractivity contribution in [3.05, 3.63) is 27.9 Å². The van der Waals surface area contributed by atoms with E-state index in [1.165, 1.54) is 6.20 Å². The molecule has 0 aliphatic carbocycles. The topological polar surface area (TPSA) is 83.0 Å². The van der Waals surface area contributed by atoms with Crippen molar-refractivity contribution in [1.82, 2.24) is 9.97 Å². The van der Waals surface area contributed by atoms with Crippen LogP contribution in [-0.4, -0.2) is 21.0 Å². The molecule has 0 aliphatic rings. The van der Waals surface area contributed by atoms with E-state index in [9.17, 15) is 9.59 Å². The Morgan fingerprint density at radius 1 is 1.75 bits per heavy atom. The van der Waals surface area contributed by atoms with Crippen LogP contribution in [0.4, 0.5) is 0 Å². The highest BCUT2D eigenvalue weighted by Crippen LogP contribution is 1.88. The first-order valence-electron chi connectivity index (χ1n) is 3.36. The highest BCUT2D eigenvalue weighted by Gasteiger charge is 2.02. The summed E-state index contributed by atoms with van der Waals surface area (Å²) in [5.74, 6) is -0.833. The third kappa shape index (κ3) is 1.91. The Morgan fingerprint density at radius 3 is 2.92 bits per heavy atom. The molecule has 0 amide bonds. The predicted octanol–water partition coefficient (Wildman–Crippen LogP) is -0.295. The van der Waals surface area contributed by atoms with Gasteiger partial charge in [-0.3, -0.25) is 9.59 Å². The maximum Gasteiger partial charge on any atom is 0.311 e. The highest BCUT2D eigenvalue weighted by atomic mass is 16.4. The molecule has 0 aliphatic heterocycles. The molecule has 12 heavy (non-hydrogen) atoms. The summed E-state index contributed by atoms with van der Waals surface area (Å²) in [5.41, 5.74) is 0.186. The van der Waals surface area contributed by atoms with Gasteiger partial charge in [0, 0.05) is 11.8 Å². The molecule has 1 aromatic heterocycles. The standard InChI is InChI=1S/C7H8N2O3/c1-4-3-8-5(2-6(10)11)9-7(4)12/h3H,2H2,1H3,(H,10,11)(H,8,9,12). The Morgan fingerprint density at radius 2 is 2.42 bits per heavy atom. The summed E-state index contributed by atoms with van der Waals surface area (Å²) in [6.07, 6.45) is 1.10. The Balaban J connectivity index is 2.97. The second-order valence-electron chi connectivity index (χ2n) is 2.41. The van der Waals surface area contributed by atoms with Gasteiger partial charge in [-0.25, -0.2) is 4.98 Å². The fourth-order valence-corrected chi connectivity index (χ4v) is 0.728. The van der Waals surface area contributed by atoms with E-state index in [1.54, 1.807) is 6.92 Å². The maximum absolute atomic E-state index is 10.9. The SMILES string of the molecule is Cc1cnc(CC(=O)O)[nH]c1=O. The number of aryl methyl sites for hydroxylation is 1. The van der Waals surface area contributed by atoms with Gasteiger partial charge in [0.25, 0.3) is 5.56 Å². The minimum Gasteiger partial charge on any atom is -0.481 e. The maximum atomic E-state index is 10.9. The molecule has 64 valence electrons. The van der Waals surface area contributed by atoms with Gasteiger partial charge < -0.3 is 10.1 Å². The minimum absolute atomic E-state index is 0.179. The zero-order chi connectivity index (χ0) is 9.14. The zero-order valence-corrected chi connectivity index (χ0v) is 6.50. The average Bonchev–Trinajstić information content (AvgIpc) is 1.96. The summed E-state index contributed by atoms with van der Waals surface area (Å²) < 4.78 is 0. The zero-order valence-electron chi connectivity index (χ0n) is 6.50. The van der Waals surface area contributed by atoms with Gasteiger partial charge >= 0.3 is 5.97 Å². The Bertz CT molecular complexity index is 356. The second kappa shape index (κ2) is 3.17. The number of rotatable bonds is 2. The molecule has 5 heteroatoms. The monoisotopic (exact) mass is 168 g/mol. The lowest BCUT2D eigenvalue weighted by Crippen LogP contribution is -2.15. The summed E-state index contributed by atoms with van der Waals surface area (Å²) in [6.45, 7) is 1.61. The average molecular weight is 168 g/mol. The fraction of sp³-hybridized carbons (Fsp3) is 0.286. The minimum atomic E-state index is -1.01. The van der Waals surface area contributed by atoms with Crippen LogP contribution in [0.15, 0.2) is 11.0 Å². The van der Waals surface area contributed by atoms with Gasteiger partial charge in [-0.15, -0.1) is 0 Å². The number of aromatic amines is 1. The van der Waals surface area contributed by atoms with Gasteiger partial charge in [0.15, 0.2) is 0 Å². The molecular weight excluding hydrogens is 160 g/mol. The molecule has 1 aromatic rings. The molecule has 0 unspecified atom stereocenters. The van der Waals surface area contributed by atoms with Crippen molar-refractivity contribution in [3.63, 3.8) is 0 Å². The highest BCUT2D eigenvalue weighted by molar-refractivity contribution is 5.68. The van der Waals surface area contributed by atoms with Crippen LogP contribution in [0.5, 0.6) is 0 Å². The summed E-state index contributed by atoms with van der Waals surface area (Å²) >= 11 is 0. The van der Waals surface area contributed by atoms with Crippen molar-refractivity contribution in [2.75, 3.05) is 0 Å². The van der Waals surface area contributed by atoms with E-state index in [4.69, 9.17) is 5.11 Å². The molecule has 0 spiro atoms. The summed E-state index contributed by atoms with van der Waals surface area (Å²) in [7, 11) is 0. The normalized spacial score (nSPS) is 9.75. The van der Waals surface area contributed by atoms with Crippen LogP contribution >= 0.6 is 0 Å². The lowest BCUT2D eigenvalue weighted by Gasteiger charge is -1.95. The number of aromatic nitrogens is 2. The number of hydrogen-bond donors (Lipinski definition) is 2. The van der Waals surface area contributed by atoms with E-state index >= 15 is 0 Å². The number of nitrogens with zero attached hydrogens (tertiary/aromatic N) is 1. The number of nitrogens with one attached hydrogen (secondary N) is 1. The first kappa shape index (κ1) is 8.45. The van der Waals surface area contributed by atoms with Crippen molar-refractivity contribution >= 4 is 5.97 Å². The van der Waals surface area contributed by atoms with Crippen LogP contribution in [0.1, 0.15) is 11.4 Å². The Labute approximate surface area is 68.1 Å². The van der Waals surface area contributed by atoms with Crippen LogP contribution in [0.25, 0.3) is 0 Å². The molecular formula is C7H8N2O3. The molecule has 0 atom stereocenters. The number of H-pyrrole nitrogens is 1. The third-order valence-electron chi connectivity index (χ3n) is 1.35. The predicted molar refractivity (Wildman–Crippen MR) is 40.9 cm³/mol. The van der Waals surface area contributed by atoms with Gasteiger partial charge in [0.2, 0.25) is 0 Å². The van der Waals surface area contributed by atoms with Gasteiger partial charge in [-0.05, 0) is 6.92 Å². The van der Waals surface area contributed by atoms with E-state index in [0.29, 0.717) is 5.56 Å². The molecule has 2 N–H and O–H groups in total. The number of carboxylic acid groups (broad SMARTS) is 1. The van der Waals surface area contributed by atoms with E-state index in [0.717, 1.165) is 0 Å². The molecule has 0 aromatic carbocycles. The molecule has 1 rings (SSSR count). The number of carboxylic acids is 1. The van der Waals surface area contributed by atoms with Gasteiger partial charge in [-0.1, -0.05) is 0 Å². The third-order valence-corrected chi connectivity index (χ3v) is 1.35. The van der Waals surface area contributed by atoms with Gasteiger partial charge in [0.05, 0.1) is 0 Å². The lowest BCUT2D eigenvalue weighted by atomic mass is 10.3. The van der Waals surface area contributed by atoms with E-state index in [1.807, 2.05) is 0 Å². The first-order valence-corrected chi connectivity index (χ1v) is 3.36. The smallest absolute Gasteiger partial charge is 0.311 e. The van der Waals surface area contributed by atoms with Crippen molar-refractivity contribution in [2.45, 2.75) is 13.3 Å². The molecule has 5 nitrogen and oxygen atoms in total. The van der Waals surface area contributed by atoms with Crippen LogP contribution in [0, 0.1) is 6.92 Å². The van der Waals surface area contributed by atoms with Crippen molar-refractivity contribution in [1.29, 1.82) is 0 Å². The molecule has 0 saturated heterocycles. The quantitative estimate of drug-likeness (QED) is 0.635. The molecule has 0 fully saturated rings. The van der Waals surface area contributed by atoms with Crippen molar-refractivity contribution in [3.8, 4) is 0 Å². The molecule has 1 heterocycles. The fourth-order valence-electron chi connectivity index (χ4n) is 0.728.